The number of rotatable bonds is 4. The number of methoxy groups -OCH3 is 1. The van der Waals surface area contributed by atoms with Crippen molar-refractivity contribution in [1.82, 2.24) is 4.90 Å². The van der Waals surface area contributed by atoms with E-state index < -0.39 is 11.4 Å². The molecular formula is C20H23NO7. The maximum absolute atomic E-state index is 12.9. The van der Waals surface area contributed by atoms with Gasteiger partial charge in [0.15, 0.2) is 23.4 Å². The third-order valence-electron chi connectivity index (χ3n) is 5.17. The molecule has 1 N–H and O–H groups in total. The molecule has 8 heteroatoms. The van der Waals surface area contributed by atoms with Crippen molar-refractivity contribution < 1.29 is 28.6 Å². The van der Waals surface area contributed by atoms with Crippen molar-refractivity contribution >= 4 is 23.2 Å². The average molecular weight is 389 g/mol. The Balaban J connectivity index is 2.09. The van der Waals surface area contributed by atoms with E-state index in [4.69, 9.17) is 13.9 Å². The molecule has 1 aromatic heterocycles. The van der Waals surface area contributed by atoms with Gasteiger partial charge in [0.05, 0.1) is 44.4 Å². The first kappa shape index (κ1) is 19.9. The van der Waals surface area contributed by atoms with E-state index in [-0.39, 0.29) is 46.9 Å². The number of fused-ring (bicyclic) bond motifs is 1. The first-order valence-electron chi connectivity index (χ1n) is 9.00. The molecule has 2 atom stereocenters. The number of aromatic hydroxyl groups is 1. The molecule has 0 unspecified atom stereocenters. The summed E-state index contributed by atoms with van der Waals surface area (Å²) in [5.74, 6) is -0.508. The maximum atomic E-state index is 12.9. The standard InChI is InChI=1S/C20H23NO7/c1-10-8-27-9-11(2)21(10)17(23)6-14-12(3)13-5-16(26-4)18(24)15(7-22)19(13)28-20(14)25/h5,7,10-11,24H,6,8-9H2,1-4H3/t10-,11-/m1/s1. The van der Waals surface area contributed by atoms with E-state index in [0.29, 0.717) is 30.4 Å². The number of ether oxygens (including phenoxy) is 2. The van der Waals surface area contributed by atoms with Gasteiger partial charge < -0.3 is 23.9 Å². The first-order valence-corrected chi connectivity index (χ1v) is 9.00. The minimum absolute atomic E-state index is 0.0277. The molecule has 0 saturated carbocycles. The van der Waals surface area contributed by atoms with Gasteiger partial charge in [-0.3, -0.25) is 9.59 Å². The number of phenols is 1. The number of aldehydes is 1. The molecule has 1 fully saturated rings. The Bertz CT molecular complexity index is 984. The summed E-state index contributed by atoms with van der Waals surface area (Å²) in [5.41, 5.74) is -0.176. The number of benzene rings is 1. The minimum Gasteiger partial charge on any atom is -0.504 e. The number of carbonyl (C=O) groups is 2. The van der Waals surface area contributed by atoms with Crippen LogP contribution in [-0.2, 0) is 16.0 Å². The van der Waals surface area contributed by atoms with E-state index >= 15 is 0 Å². The van der Waals surface area contributed by atoms with Crippen molar-refractivity contribution in [2.75, 3.05) is 20.3 Å². The molecule has 1 aliphatic heterocycles. The zero-order chi connectivity index (χ0) is 20.6. The van der Waals surface area contributed by atoms with Crippen LogP contribution in [0.4, 0.5) is 0 Å². The first-order chi connectivity index (χ1) is 13.3. The second-order valence-electron chi connectivity index (χ2n) is 7.04. The van der Waals surface area contributed by atoms with E-state index in [1.54, 1.807) is 11.8 Å². The summed E-state index contributed by atoms with van der Waals surface area (Å²) in [5, 5.41) is 10.6. The lowest BCUT2D eigenvalue weighted by atomic mass is 9.99. The van der Waals surface area contributed by atoms with E-state index in [0.717, 1.165) is 0 Å². The molecule has 0 aliphatic carbocycles. The summed E-state index contributed by atoms with van der Waals surface area (Å²) in [6.07, 6.45) is 0.281. The van der Waals surface area contributed by atoms with Crippen LogP contribution in [0.5, 0.6) is 11.5 Å². The Morgan fingerprint density at radius 1 is 1.36 bits per heavy atom. The molecule has 28 heavy (non-hydrogen) atoms. The number of phenolic OH excluding ortho intramolecular Hbond substituents is 1. The third-order valence-corrected chi connectivity index (χ3v) is 5.17. The lowest BCUT2D eigenvalue weighted by Gasteiger charge is -2.38. The van der Waals surface area contributed by atoms with Crippen LogP contribution < -0.4 is 10.4 Å². The summed E-state index contributed by atoms with van der Waals surface area (Å²) >= 11 is 0. The number of hydrogen-bond acceptors (Lipinski definition) is 7. The molecule has 1 aromatic carbocycles. The van der Waals surface area contributed by atoms with Crippen molar-refractivity contribution in [2.45, 2.75) is 39.3 Å². The van der Waals surface area contributed by atoms with Crippen molar-refractivity contribution in [2.24, 2.45) is 0 Å². The Kier molecular flexibility index (Phi) is 5.42. The predicted octanol–water partition coefficient (Wildman–Crippen LogP) is 1.81. The Morgan fingerprint density at radius 3 is 2.57 bits per heavy atom. The molecule has 0 bridgehead atoms. The lowest BCUT2D eigenvalue weighted by molar-refractivity contribution is -0.143. The van der Waals surface area contributed by atoms with Crippen LogP contribution in [0.15, 0.2) is 15.3 Å². The van der Waals surface area contributed by atoms with Crippen molar-refractivity contribution in [3.63, 3.8) is 0 Å². The quantitative estimate of drug-likeness (QED) is 0.628. The van der Waals surface area contributed by atoms with E-state index in [2.05, 4.69) is 0 Å². The van der Waals surface area contributed by atoms with Crippen molar-refractivity contribution in [1.29, 1.82) is 0 Å². The lowest BCUT2D eigenvalue weighted by Crippen LogP contribution is -2.53. The summed E-state index contributed by atoms with van der Waals surface area (Å²) in [4.78, 5) is 38.6. The molecule has 8 nitrogen and oxygen atoms in total. The minimum atomic E-state index is -0.709. The van der Waals surface area contributed by atoms with Gasteiger partial charge in [-0.15, -0.1) is 0 Å². The van der Waals surface area contributed by atoms with Gasteiger partial charge in [0.2, 0.25) is 5.91 Å². The molecule has 0 radical (unpaired) electrons. The van der Waals surface area contributed by atoms with Crippen LogP contribution in [-0.4, -0.2) is 54.6 Å². The second-order valence-corrected chi connectivity index (χ2v) is 7.04. The highest BCUT2D eigenvalue weighted by molar-refractivity contribution is 6.00. The number of nitrogens with zero attached hydrogens (tertiary/aromatic N) is 1. The van der Waals surface area contributed by atoms with Crippen LogP contribution in [0.1, 0.15) is 35.3 Å². The average Bonchev–Trinajstić information content (AvgIpc) is 2.65. The fourth-order valence-electron chi connectivity index (χ4n) is 3.72. The van der Waals surface area contributed by atoms with E-state index in [1.165, 1.54) is 13.2 Å². The number of carbonyl (C=O) groups excluding carboxylic acids is 2. The highest BCUT2D eigenvalue weighted by Crippen LogP contribution is 2.36. The molecule has 2 aromatic rings. The molecule has 1 aliphatic rings. The maximum Gasteiger partial charge on any atom is 0.340 e. The molecule has 2 heterocycles. The predicted molar refractivity (Wildman–Crippen MR) is 101 cm³/mol. The Hall–Kier alpha value is -2.87. The SMILES string of the molecule is COc1cc2c(C)c(CC(=O)N3[C@H](C)COC[C@H]3C)c(=O)oc2c(C=O)c1O. The van der Waals surface area contributed by atoms with Crippen molar-refractivity contribution in [3.05, 3.63) is 33.2 Å². The number of amides is 1. The van der Waals surface area contributed by atoms with Crippen molar-refractivity contribution in [3.8, 4) is 11.5 Å². The van der Waals surface area contributed by atoms with Crippen LogP contribution in [0.25, 0.3) is 11.0 Å². The van der Waals surface area contributed by atoms with Gasteiger partial charge in [0.25, 0.3) is 0 Å². The number of aryl methyl sites for hydroxylation is 1. The van der Waals surface area contributed by atoms with Gasteiger partial charge in [-0.1, -0.05) is 0 Å². The molecular weight excluding hydrogens is 366 g/mol. The highest BCUT2D eigenvalue weighted by Gasteiger charge is 2.31. The van der Waals surface area contributed by atoms with Gasteiger partial charge in [-0.05, 0) is 32.4 Å². The van der Waals surface area contributed by atoms with Crippen LogP contribution >= 0.6 is 0 Å². The van der Waals surface area contributed by atoms with E-state index in [9.17, 15) is 19.5 Å². The van der Waals surface area contributed by atoms with Gasteiger partial charge in [0.1, 0.15) is 5.56 Å². The van der Waals surface area contributed by atoms with Gasteiger partial charge in [0, 0.05) is 5.39 Å². The summed E-state index contributed by atoms with van der Waals surface area (Å²) in [6.45, 7) is 6.36. The van der Waals surface area contributed by atoms with Crippen LogP contribution in [0.2, 0.25) is 0 Å². The smallest absolute Gasteiger partial charge is 0.340 e. The summed E-state index contributed by atoms with van der Waals surface area (Å²) < 4.78 is 15.9. The third kappa shape index (κ3) is 3.24. The van der Waals surface area contributed by atoms with Crippen LogP contribution in [0.3, 0.4) is 0 Å². The van der Waals surface area contributed by atoms with Gasteiger partial charge in [-0.2, -0.15) is 0 Å². The van der Waals surface area contributed by atoms with Gasteiger partial charge >= 0.3 is 5.63 Å². The zero-order valence-electron chi connectivity index (χ0n) is 16.3. The number of morpholine rings is 1. The molecule has 1 saturated heterocycles. The monoisotopic (exact) mass is 389 g/mol. The Morgan fingerprint density at radius 2 is 2.00 bits per heavy atom. The van der Waals surface area contributed by atoms with Crippen LogP contribution in [0, 0.1) is 6.92 Å². The molecule has 0 spiro atoms. The zero-order valence-corrected chi connectivity index (χ0v) is 16.3. The van der Waals surface area contributed by atoms with E-state index in [1.807, 2.05) is 13.8 Å². The second kappa shape index (κ2) is 7.63. The molecule has 1 amide bonds. The van der Waals surface area contributed by atoms with Gasteiger partial charge in [-0.25, -0.2) is 4.79 Å². The largest absolute Gasteiger partial charge is 0.504 e. The molecule has 3 rings (SSSR count). The topological polar surface area (TPSA) is 106 Å². The summed E-state index contributed by atoms with van der Waals surface area (Å²) in [7, 11) is 1.36. The molecule has 150 valence electrons. The normalized spacial score (nSPS) is 19.6. The Labute approximate surface area is 161 Å². The summed E-state index contributed by atoms with van der Waals surface area (Å²) in [6, 6.07) is 1.30. The highest BCUT2D eigenvalue weighted by atomic mass is 16.5. The fourth-order valence-corrected chi connectivity index (χ4v) is 3.72. The number of hydrogen-bond donors (Lipinski definition) is 1. The fraction of sp³-hybridized carbons (Fsp3) is 0.450.